The van der Waals surface area contributed by atoms with E-state index in [0.29, 0.717) is 46.3 Å². The molecule has 3 unspecified atom stereocenters. The predicted octanol–water partition coefficient (Wildman–Crippen LogP) is 3.81. The smallest absolute Gasteiger partial charge is 0.337 e. The number of hydrogen-bond donors (Lipinski definition) is 2. The van der Waals surface area contributed by atoms with Gasteiger partial charge in [-0.15, -0.1) is 0 Å². The maximum absolute atomic E-state index is 13.5. The number of piperidine rings is 1. The van der Waals surface area contributed by atoms with Crippen molar-refractivity contribution in [3.8, 4) is 0 Å². The zero-order valence-electron chi connectivity index (χ0n) is 22.8. The van der Waals surface area contributed by atoms with E-state index in [1.54, 1.807) is 35.9 Å². The van der Waals surface area contributed by atoms with E-state index in [-0.39, 0.29) is 23.1 Å². The lowest BCUT2D eigenvalue weighted by Crippen LogP contribution is -2.38. The zero-order valence-corrected chi connectivity index (χ0v) is 22.8. The van der Waals surface area contributed by atoms with E-state index in [2.05, 4.69) is 22.0 Å². The topological polar surface area (TPSA) is 108 Å². The van der Waals surface area contributed by atoms with Gasteiger partial charge in [-0.25, -0.2) is 9.78 Å². The quantitative estimate of drug-likeness (QED) is 0.500. The van der Waals surface area contributed by atoms with E-state index in [4.69, 9.17) is 4.98 Å². The monoisotopic (exact) mass is 529 g/mol. The van der Waals surface area contributed by atoms with Crippen LogP contribution < -0.4 is 15.8 Å². The third-order valence-corrected chi connectivity index (χ3v) is 8.92. The summed E-state index contributed by atoms with van der Waals surface area (Å²) >= 11 is 0. The SMILES string of the molecule is Cc1cc(C(C)Nc2ccccc2C(=O)O)c2nc(N3C[C@@H]4C(C(=O)N5CCCC5C)[C@@H]4C3)n(C)c(=O)c2c1. The van der Waals surface area contributed by atoms with Crippen LogP contribution in [0, 0.1) is 24.7 Å². The Morgan fingerprint density at radius 2 is 1.87 bits per heavy atom. The first-order valence-electron chi connectivity index (χ1n) is 13.8. The largest absolute Gasteiger partial charge is 0.478 e. The molecule has 0 spiro atoms. The van der Waals surface area contributed by atoms with Crippen LogP contribution in [-0.4, -0.2) is 57.1 Å². The summed E-state index contributed by atoms with van der Waals surface area (Å²) < 4.78 is 1.62. The molecule has 3 fully saturated rings. The molecule has 6 rings (SSSR count). The lowest BCUT2D eigenvalue weighted by molar-refractivity contribution is -0.133. The first kappa shape index (κ1) is 25.4. The van der Waals surface area contributed by atoms with Crippen LogP contribution in [0.15, 0.2) is 41.2 Å². The Hall–Kier alpha value is -3.88. The number of carbonyl (C=O) groups excluding carboxylic acids is 1. The summed E-state index contributed by atoms with van der Waals surface area (Å²) in [4.78, 5) is 47.7. The molecule has 1 saturated carbocycles. The first-order chi connectivity index (χ1) is 18.7. The van der Waals surface area contributed by atoms with E-state index in [1.807, 2.05) is 26.0 Å². The molecule has 204 valence electrons. The van der Waals surface area contributed by atoms with Crippen LogP contribution in [0.1, 0.15) is 54.2 Å². The third kappa shape index (κ3) is 4.24. The average molecular weight is 530 g/mol. The highest BCUT2D eigenvalue weighted by Gasteiger charge is 2.61. The van der Waals surface area contributed by atoms with Crippen molar-refractivity contribution in [2.45, 2.75) is 45.7 Å². The second-order valence-electron chi connectivity index (χ2n) is 11.5. The Bertz CT molecular complexity index is 1540. The molecular formula is C30H35N5O4. The van der Waals surface area contributed by atoms with Gasteiger partial charge in [0.15, 0.2) is 0 Å². The van der Waals surface area contributed by atoms with Crippen LogP contribution in [0.5, 0.6) is 0 Å². The van der Waals surface area contributed by atoms with Gasteiger partial charge in [-0.1, -0.05) is 18.2 Å². The lowest BCUT2D eigenvalue weighted by atomic mass is 10.0. The fourth-order valence-electron chi connectivity index (χ4n) is 6.77. The molecule has 0 radical (unpaired) electrons. The molecule has 1 aliphatic carbocycles. The Kier molecular flexibility index (Phi) is 6.12. The maximum Gasteiger partial charge on any atom is 0.337 e. The number of carboxylic acids is 1. The molecule has 2 saturated heterocycles. The summed E-state index contributed by atoms with van der Waals surface area (Å²) in [5.41, 5.74) is 2.98. The number of fused-ring (bicyclic) bond motifs is 2. The van der Waals surface area contributed by atoms with Crippen LogP contribution in [0.3, 0.4) is 0 Å². The zero-order chi connectivity index (χ0) is 27.6. The Balaban J connectivity index is 1.30. The number of carboxylic acid groups (broad SMARTS) is 1. The summed E-state index contributed by atoms with van der Waals surface area (Å²) in [6.07, 6.45) is 2.17. The van der Waals surface area contributed by atoms with Crippen molar-refractivity contribution < 1.29 is 14.7 Å². The second-order valence-corrected chi connectivity index (χ2v) is 11.5. The second kappa shape index (κ2) is 9.39. The van der Waals surface area contributed by atoms with Gasteiger partial charge in [0.1, 0.15) is 0 Å². The van der Waals surface area contributed by atoms with E-state index in [1.165, 1.54) is 0 Å². The number of rotatable bonds is 6. The molecule has 9 nitrogen and oxygen atoms in total. The van der Waals surface area contributed by atoms with Crippen LogP contribution in [0.2, 0.25) is 0 Å². The third-order valence-electron chi connectivity index (χ3n) is 8.92. The summed E-state index contributed by atoms with van der Waals surface area (Å²) in [5.74, 6) is 0.623. The van der Waals surface area contributed by atoms with Gasteiger partial charge in [-0.2, -0.15) is 0 Å². The van der Waals surface area contributed by atoms with Crippen LogP contribution in [0.25, 0.3) is 10.9 Å². The highest BCUT2D eigenvalue weighted by Crippen LogP contribution is 2.53. The van der Waals surface area contributed by atoms with Gasteiger partial charge in [-0.3, -0.25) is 14.2 Å². The van der Waals surface area contributed by atoms with Gasteiger partial charge in [0.05, 0.1) is 22.5 Å². The molecule has 2 aromatic carbocycles. The van der Waals surface area contributed by atoms with Crippen molar-refractivity contribution in [1.29, 1.82) is 0 Å². The Labute approximate surface area is 227 Å². The number of benzene rings is 2. The number of anilines is 2. The number of aromatic nitrogens is 2. The van der Waals surface area contributed by atoms with Gasteiger partial charge in [0.25, 0.3) is 5.56 Å². The highest BCUT2D eigenvalue weighted by molar-refractivity contribution is 5.94. The molecule has 1 aromatic heterocycles. The summed E-state index contributed by atoms with van der Waals surface area (Å²) in [5, 5.41) is 13.5. The van der Waals surface area contributed by atoms with E-state index in [9.17, 15) is 19.5 Å². The number of hydrogen-bond acceptors (Lipinski definition) is 6. The molecular weight excluding hydrogens is 494 g/mol. The van der Waals surface area contributed by atoms with Crippen LogP contribution in [0.4, 0.5) is 11.6 Å². The van der Waals surface area contributed by atoms with Gasteiger partial charge in [0, 0.05) is 49.9 Å². The number of nitrogens with one attached hydrogen (secondary N) is 1. The number of aryl methyl sites for hydroxylation is 1. The van der Waals surface area contributed by atoms with Gasteiger partial charge < -0.3 is 20.2 Å². The van der Waals surface area contributed by atoms with Crippen molar-refractivity contribution in [1.82, 2.24) is 14.5 Å². The van der Waals surface area contributed by atoms with Crippen molar-refractivity contribution in [2.75, 3.05) is 29.9 Å². The molecule has 3 aromatic rings. The molecule has 3 heterocycles. The van der Waals surface area contributed by atoms with Gasteiger partial charge in [0.2, 0.25) is 11.9 Å². The number of nitrogens with zero attached hydrogens (tertiary/aromatic N) is 4. The van der Waals surface area contributed by atoms with Crippen LogP contribution >= 0.6 is 0 Å². The normalized spacial score (nSPS) is 24.6. The van der Waals surface area contributed by atoms with Crippen molar-refractivity contribution in [2.24, 2.45) is 24.8 Å². The highest BCUT2D eigenvalue weighted by atomic mass is 16.4. The number of likely N-dealkylation sites (tertiary alicyclic amines) is 1. The number of carbonyl (C=O) groups is 2. The Morgan fingerprint density at radius 1 is 1.15 bits per heavy atom. The summed E-state index contributed by atoms with van der Waals surface area (Å²) in [6, 6.07) is 10.7. The molecule has 9 heteroatoms. The van der Waals surface area contributed by atoms with Crippen molar-refractivity contribution in [3.05, 3.63) is 63.4 Å². The van der Waals surface area contributed by atoms with E-state index in [0.717, 1.165) is 43.6 Å². The summed E-state index contributed by atoms with van der Waals surface area (Å²) in [7, 11) is 1.76. The van der Waals surface area contributed by atoms with Crippen LogP contribution in [-0.2, 0) is 11.8 Å². The average Bonchev–Trinajstić information content (AvgIpc) is 3.19. The fraction of sp³-hybridized carbons (Fsp3) is 0.467. The number of aromatic carboxylic acids is 1. The maximum atomic E-state index is 13.5. The molecule has 2 aliphatic heterocycles. The molecule has 0 bridgehead atoms. The minimum Gasteiger partial charge on any atom is -0.478 e. The van der Waals surface area contributed by atoms with E-state index < -0.39 is 5.97 Å². The lowest BCUT2D eigenvalue weighted by Gasteiger charge is -2.26. The van der Waals surface area contributed by atoms with E-state index >= 15 is 0 Å². The molecule has 3 aliphatic rings. The fourth-order valence-corrected chi connectivity index (χ4v) is 6.77. The Morgan fingerprint density at radius 3 is 2.54 bits per heavy atom. The minimum absolute atomic E-state index is 0.0935. The van der Waals surface area contributed by atoms with Gasteiger partial charge >= 0.3 is 5.97 Å². The van der Waals surface area contributed by atoms with Crippen molar-refractivity contribution in [3.63, 3.8) is 0 Å². The summed E-state index contributed by atoms with van der Waals surface area (Å²) in [6.45, 7) is 8.34. The molecule has 39 heavy (non-hydrogen) atoms. The molecule has 5 atom stereocenters. The standard InChI is InChI=1S/C30H35N5O4/c1-16-12-20(18(3)31-24-10-6-5-9-19(24)29(38)39)26-21(13-16)27(36)33(4)30(32-26)34-14-22-23(15-34)25(22)28(37)35-11-7-8-17(35)2/h5-6,9-10,12-13,17-18,22-23,25,31H,7-8,11,14-15H2,1-4H3,(H,38,39)/t17?,18?,22-,23+,25?. The van der Waals surface area contributed by atoms with Gasteiger partial charge in [-0.05, 0) is 69.2 Å². The number of para-hydroxylation sites is 1. The van der Waals surface area contributed by atoms with Crippen molar-refractivity contribution >= 4 is 34.4 Å². The molecule has 1 amide bonds. The first-order valence-corrected chi connectivity index (χ1v) is 13.8. The molecule has 2 N–H and O–H groups in total. The minimum atomic E-state index is -1.00. The number of amides is 1. The predicted molar refractivity (Wildman–Crippen MR) is 150 cm³/mol.